The molecule has 300 valence electrons. The van der Waals surface area contributed by atoms with Gasteiger partial charge in [0.05, 0.1) is 44.3 Å². The Morgan fingerprint density at radius 1 is 0.825 bits per heavy atom. The molecule has 0 bridgehead atoms. The van der Waals surface area contributed by atoms with Crippen LogP contribution in [-0.4, -0.2) is 101 Å². The third kappa shape index (κ3) is 8.73. The Labute approximate surface area is 355 Å². The van der Waals surface area contributed by atoms with E-state index in [0.717, 1.165) is 75.8 Å². The molecule has 5 atom stereocenters. The van der Waals surface area contributed by atoms with E-state index in [1.165, 1.54) is 21.3 Å². The standard InChI is InChI=1S/C40H46N7O8.CH3.U/c1-6-27(44-39(50)53-4)37(48)46-17-7-9-31(46)29-16-15-28(42-29)23-11-13-25-26-14-12-24(20-34(26)55-33(25)19-23)30-21-41-36(43-30)32-10-8-18-47(32)38(49)35(22(2)52-3)45-40(51)54-5;;/h6,11-16,19-22,27,31-32,35,42H,7-10,17-18H2,1-5H3,(H,41,43)(H,44,50)(H,45,51);1H3;/q2*-1;+2/t22-,27+,31+,32?,35+;;/m1../s1. The molecule has 5 aromatic rings. The monoisotopic (exact) mass is 1010 g/mol. The van der Waals surface area contributed by atoms with Gasteiger partial charge in [0, 0.05) is 53.5 Å². The summed E-state index contributed by atoms with van der Waals surface area (Å²) >= 11 is 0. The average Bonchev–Trinajstić information content (AvgIpc) is 4.06. The van der Waals surface area contributed by atoms with E-state index in [-0.39, 0.29) is 62.4 Å². The fourth-order valence-electron chi connectivity index (χ4n) is 7.74. The summed E-state index contributed by atoms with van der Waals surface area (Å²) in [6, 6.07) is 14.0. The van der Waals surface area contributed by atoms with Crippen LogP contribution >= 0.6 is 0 Å². The van der Waals surface area contributed by atoms with Crippen LogP contribution in [0.2, 0.25) is 0 Å². The third-order valence-corrected chi connectivity index (χ3v) is 10.8. The van der Waals surface area contributed by atoms with Crippen molar-refractivity contribution in [2.45, 2.75) is 69.8 Å². The van der Waals surface area contributed by atoms with Crippen molar-refractivity contribution in [3.63, 3.8) is 0 Å². The maximum absolute atomic E-state index is 13.7. The summed E-state index contributed by atoms with van der Waals surface area (Å²) in [5.41, 5.74) is 5.90. The van der Waals surface area contributed by atoms with E-state index < -0.39 is 30.4 Å². The number of rotatable bonds is 11. The molecule has 3 aromatic heterocycles. The zero-order chi connectivity index (χ0) is 38.8. The minimum Gasteiger partial charge on any atom is -0.456 e. The van der Waals surface area contributed by atoms with Crippen molar-refractivity contribution in [2.24, 2.45) is 0 Å². The number of ether oxygens (including phenoxy) is 3. The number of nitrogens with zero attached hydrogens (tertiary/aromatic N) is 3. The van der Waals surface area contributed by atoms with Crippen molar-refractivity contribution in [2.75, 3.05) is 34.4 Å². The Kier molecular flexibility index (Phi) is 14.2. The SMILES string of the molecule is C[CH-][C@H](NC(=O)OC)C(=O)N1CCC[C@H]1c1ccc(-c2ccc3c(c2)oc2cc(-c4cnc(C5CCCN5C(=O)[C@@H](NC(=O)OC)[C@@H](C)OC)[nH]4)ccc23)[nH]1.[CH3-].[U+2]. The second-order valence-electron chi connectivity index (χ2n) is 13.9. The molecule has 2 saturated heterocycles. The zero-order valence-corrected chi connectivity index (χ0v) is 37.2. The zero-order valence-electron chi connectivity index (χ0n) is 33.0. The smallest absolute Gasteiger partial charge is 0.456 e. The normalized spacial score (nSPS) is 18.1. The summed E-state index contributed by atoms with van der Waals surface area (Å²) in [5.74, 6) is 0.226. The van der Waals surface area contributed by atoms with Gasteiger partial charge >= 0.3 is 43.3 Å². The number of furan rings is 1. The van der Waals surface area contributed by atoms with Gasteiger partial charge in [0.1, 0.15) is 23.0 Å². The summed E-state index contributed by atoms with van der Waals surface area (Å²) in [6.45, 7) is 4.59. The molecule has 5 heterocycles. The number of hydrogen-bond donors (Lipinski definition) is 4. The maximum atomic E-state index is 13.7. The van der Waals surface area contributed by atoms with E-state index in [1.807, 2.05) is 41.3 Å². The number of carbonyl (C=O) groups is 4. The van der Waals surface area contributed by atoms with Gasteiger partial charge < -0.3 is 62.9 Å². The Bertz CT molecular complexity index is 2210. The molecule has 16 heteroatoms. The third-order valence-electron chi connectivity index (χ3n) is 10.8. The first-order valence-corrected chi connectivity index (χ1v) is 18.5. The largest absolute Gasteiger partial charge is 2.00 e. The van der Waals surface area contributed by atoms with Gasteiger partial charge in [-0.15, -0.1) is 0 Å². The van der Waals surface area contributed by atoms with Crippen molar-refractivity contribution in [1.82, 2.24) is 35.4 Å². The van der Waals surface area contributed by atoms with Crippen molar-refractivity contribution >= 4 is 45.9 Å². The molecule has 15 nitrogen and oxygen atoms in total. The minimum atomic E-state index is -0.911. The molecule has 4 N–H and O–H groups in total. The predicted octanol–water partition coefficient (Wildman–Crippen LogP) is 6.46. The van der Waals surface area contributed by atoms with Crippen molar-refractivity contribution in [1.29, 1.82) is 0 Å². The molecule has 7 rings (SSSR count). The first kappa shape index (κ1) is 43.3. The maximum Gasteiger partial charge on any atom is 2.00 e. The van der Waals surface area contributed by atoms with Crippen LogP contribution in [0.25, 0.3) is 44.5 Å². The van der Waals surface area contributed by atoms with E-state index >= 15 is 0 Å². The van der Waals surface area contributed by atoms with Gasteiger partial charge in [0.2, 0.25) is 11.8 Å². The van der Waals surface area contributed by atoms with Crippen LogP contribution in [0, 0.1) is 45.0 Å². The summed E-state index contributed by atoms with van der Waals surface area (Å²) < 4.78 is 21.3. The molecule has 57 heavy (non-hydrogen) atoms. The van der Waals surface area contributed by atoms with E-state index in [9.17, 15) is 19.2 Å². The number of amides is 4. The van der Waals surface area contributed by atoms with E-state index in [0.29, 0.717) is 18.9 Å². The summed E-state index contributed by atoms with van der Waals surface area (Å²) in [6.07, 6.45) is 4.69. The van der Waals surface area contributed by atoms with Crippen molar-refractivity contribution < 1.29 is 68.9 Å². The molecule has 2 fully saturated rings. The van der Waals surface area contributed by atoms with E-state index in [1.54, 1.807) is 31.4 Å². The van der Waals surface area contributed by atoms with Crippen LogP contribution in [0.1, 0.15) is 63.1 Å². The molecule has 2 aliphatic rings. The minimum absolute atomic E-state index is 0. The number of nitrogens with one attached hydrogen (secondary N) is 4. The summed E-state index contributed by atoms with van der Waals surface area (Å²) in [5, 5.41) is 7.18. The first-order valence-electron chi connectivity index (χ1n) is 18.5. The van der Waals surface area contributed by atoms with Gasteiger partial charge in [0.25, 0.3) is 0 Å². The number of likely N-dealkylation sites (tertiary alicyclic amines) is 2. The van der Waals surface area contributed by atoms with E-state index in [2.05, 4.69) is 37.7 Å². The molecular weight excluding hydrogens is 957 g/mol. The van der Waals surface area contributed by atoms with Crippen LogP contribution in [0.5, 0.6) is 0 Å². The molecule has 0 aliphatic carbocycles. The van der Waals surface area contributed by atoms with Gasteiger partial charge in [-0.1, -0.05) is 12.1 Å². The van der Waals surface area contributed by atoms with Crippen LogP contribution in [0.15, 0.2) is 59.1 Å². The average molecular weight is 1010 g/mol. The number of benzene rings is 2. The molecule has 2 aromatic carbocycles. The molecular formula is C41H49N7O8U. The molecule has 0 radical (unpaired) electrons. The number of aromatic nitrogens is 3. The number of methoxy groups -OCH3 is 3. The van der Waals surface area contributed by atoms with Crippen molar-refractivity contribution in [3.05, 3.63) is 80.1 Å². The van der Waals surface area contributed by atoms with Crippen LogP contribution in [0.4, 0.5) is 9.59 Å². The van der Waals surface area contributed by atoms with Crippen LogP contribution in [-0.2, 0) is 23.8 Å². The Morgan fingerprint density at radius 2 is 1.42 bits per heavy atom. The summed E-state index contributed by atoms with van der Waals surface area (Å²) in [4.78, 5) is 66.1. The molecule has 1 unspecified atom stereocenters. The van der Waals surface area contributed by atoms with Gasteiger partial charge in [0.15, 0.2) is 0 Å². The fraction of sp³-hybridized carbons (Fsp3) is 0.390. The van der Waals surface area contributed by atoms with Crippen molar-refractivity contribution in [3.8, 4) is 22.5 Å². The quantitative estimate of drug-likeness (QED) is 0.108. The summed E-state index contributed by atoms with van der Waals surface area (Å²) in [7, 11) is 4.02. The van der Waals surface area contributed by atoms with Crippen LogP contribution in [0.3, 0.4) is 0 Å². The number of imidazole rings is 1. The molecule has 0 spiro atoms. The number of fused-ring (bicyclic) bond motifs is 3. The van der Waals surface area contributed by atoms with Crippen LogP contribution < -0.4 is 10.6 Å². The molecule has 0 saturated carbocycles. The fourth-order valence-corrected chi connectivity index (χ4v) is 7.74. The Hall–Kier alpha value is -4.78. The molecule has 2 aliphatic heterocycles. The second kappa shape index (κ2) is 18.7. The predicted molar refractivity (Wildman–Crippen MR) is 210 cm³/mol. The number of hydrogen-bond acceptors (Lipinski definition) is 9. The number of carbonyl (C=O) groups excluding carboxylic acids is 4. The van der Waals surface area contributed by atoms with Gasteiger partial charge in [-0.2, -0.15) is 6.92 Å². The molecule has 4 amide bonds. The Morgan fingerprint density at radius 3 is 2.04 bits per heavy atom. The second-order valence-corrected chi connectivity index (χ2v) is 13.9. The number of H-pyrrole nitrogens is 2. The Balaban J connectivity index is 0.00000310. The van der Waals surface area contributed by atoms with Gasteiger partial charge in [-0.05, 0) is 75.0 Å². The number of alkyl carbamates (subject to hydrolysis) is 2. The topological polar surface area (TPSA) is 184 Å². The number of aromatic amines is 2. The first-order chi connectivity index (χ1) is 26.6. The van der Waals surface area contributed by atoms with Gasteiger partial charge in [-0.25, -0.2) is 14.6 Å². The van der Waals surface area contributed by atoms with E-state index in [4.69, 9.17) is 18.6 Å². The van der Waals surface area contributed by atoms with Gasteiger partial charge in [-0.3, -0.25) is 9.59 Å².